The number of carboxylic acids is 1. The van der Waals surface area contributed by atoms with Crippen molar-refractivity contribution >= 4 is 11.9 Å². The summed E-state index contributed by atoms with van der Waals surface area (Å²) in [4.78, 5) is 24.3. The average molecular weight is 225 g/mol. The van der Waals surface area contributed by atoms with Gasteiger partial charge in [0.25, 0.3) is 0 Å². The van der Waals surface area contributed by atoms with Crippen LogP contribution in [0.15, 0.2) is 0 Å². The molecule has 90 valence electrons. The van der Waals surface area contributed by atoms with Gasteiger partial charge in [0.2, 0.25) is 5.91 Å². The molecule has 2 aliphatic carbocycles. The number of hydrogen-bond donors (Lipinski definition) is 1. The number of hydrogen-bond acceptors (Lipinski definition) is 2. The van der Waals surface area contributed by atoms with Crippen LogP contribution in [-0.2, 0) is 9.59 Å². The van der Waals surface area contributed by atoms with E-state index in [9.17, 15) is 9.59 Å². The summed E-state index contributed by atoms with van der Waals surface area (Å²) in [5.41, 5.74) is 0. The number of carbonyl (C=O) groups is 2. The van der Waals surface area contributed by atoms with Crippen molar-refractivity contribution < 1.29 is 14.7 Å². The van der Waals surface area contributed by atoms with E-state index in [0.29, 0.717) is 18.4 Å². The van der Waals surface area contributed by atoms with Gasteiger partial charge in [-0.1, -0.05) is 13.3 Å². The molecular weight excluding hydrogens is 206 g/mol. The van der Waals surface area contributed by atoms with Crippen LogP contribution in [-0.4, -0.2) is 35.0 Å². The zero-order chi connectivity index (χ0) is 11.7. The van der Waals surface area contributed by atoms with Gasteiger partial charge in [0.1, 0.15) is 6.54 Å². The summed E-state index contributed by atoms with van der Waals surface area (Å²) in [6.45, 7) is 2.40. The van der Waals surface area contributed by atoms with Crippen LogP contribution in [0.1, 0.15) is 32.6 Å². The molecule has 2 fully saturated rings. The number of carbonyl (C=O) groups excluding carboxylic acids is 1. The van der Waals surface area contributed by atoms with E-state index in [1.54, 1.807) is 0 Å². The topological polar surface area (TPSA) is 57.6 Å². The normalized spacial score (nSPS) is 30.9. The fourth-order valence-corrected chi connectivity index (χ4v) is 3.10. The van der Waals surface area contributed by atoms with Crippen molar-refractivity contribution in [3.05, 3.63) is 0 Å². The number of aliphatic carboxylic acids is 1. The Morgan fingerprint density at radius 3 is 2.44 bits per heavy atom. The maximum atomic E-state index is 12.1. The van der Waals surface area contributed by atoms with Crippen LogP contribution in [0.5, 0.6) is 0 Å². The van der Waals surface area contributed by atoms with Gasteiger partial charge in [-0.05, 0) is 31.1 Å². The number of amides is 1. The van der Waals surface area contributed by atoms with Crippen LogP contribution in [0.25, 0.3) is 0 Å². The number of nitrogens with zero attached hydrogens (tertiary/aromatic N) is 1. The third-order valence-corrected chi connectivity index (χ3v) is 3.82. The van der Waals surface area contributed by atoms with Crippen molar-refractivity contribution in [3.8, 4) is 0 Å². The van der Waals surface area contributed by atoms with Crippen LogP contribution >= 0.6 is 0 Å². The summed E-state index contributed by atoms with van der Waals surface area (Å²) in [5.74, 6) is 0.465. The largest absolute Gasteiger partial charge is 0.480 e. The van der Waals surface area contributed by atoms with E-state index in [2.05, 4.69) is 0 Å². The molecule has 0 spiro atoms. The summed E-state index contributed by atoms with van der Waals surface area (Å²) in [7, 11) is 0. The first-order valence-electron chi connectivity index (χ1n) is 6.15. The summed E-state index contributed by atoms with van der Waals surface area (Å²) < 4.78 is 0. The van der Waals surface area contributed by atoms with Crippen molar-refractivity contribution in [1.29, 1.82) is 0 Å². The predicted molar refractivity (Wildman–Crippen MR) is 58.8 cm³/mol. The van der Waals surface area contributed by atoms with Gasteiger partial charge >= 0.3 is 5.97 Å². The van der Waals surface area contributed by atoms with Crippen LogP contribution < -0.4 is 0 Å². The van der Waals surface area contributed by atoms with E-state index in [4.69, 9.17) is 5.11 Å². The zero-order valence-electron chi connectivity index (χ0n) is 9.69. The lowest BCUT2D eigenvalue weighted by Crippen LogP contribution is -2.38. The monoisotopic (exact) mass is 225 g/mol. The first-order chi connectivity index (χ1) is 7.65. The Kier molecular flexibility index (Phi) is 3.17. The van der Waals surface area contributed by atoms with Crippen LogP contribution in [0, 0.1) is 17.8 Å². The minimum Gasteiger partial charge on any atom is -0.480 e. The highest BCUT2D eigenvalue weighted by molar-refractivity contribution is 5.85. The second-order valence-electron chi connectivity index (χ2n) is 4.94. The Hall–Kier alpha value is -1.06. The SMILES string of the molecule is CCCN(CC(=O)O)C(=O)C1C2CCCC21. The number of rotatable bonds is 5. The fraction of sp³-hybridized carbons (Fsp3) is 0.833. The molecule has 16 heavy (non-hydrogen) atoms. The molecule has 0 aliphatic heterocycles. The highest BCUT2D eigenvalue weighted by Crippen LogP contribution is 2.58. The Bertz CT molecular complexity index is 293. The van der Waals surface area contributed by atoms with Crippen molar-refractivity contribution in [2.45, 2.75) is 32.6 Å². The molecule has 0 saturated heterocycles. The standard InChI is InChI=1S/C12H19NO3/c1-2-6-13(7-10(14)15)12(16)11-8-4-3-5-9(8)11/h8-9,11H,2-7H2,1H3,(H,14,15). The molecule has 4 heteroatoms. The third kappa shape index (κ3) is 2.06. The molecule has 2 aliphatic rings. The minimum absolute atomic E-state index is 0.0824. The lowest BCUT2D eigenvalue weighted by atomic mass is 10.1. The lowest BCUT2D eigenvalue weighted by Gasteiger charge is -2.20. The molecule has 1 N–H and O–H groups in total. The van der Waals surface area contributed by atoms with E-state index < -0.39 is 5.97 Å². The summed E-state index contributed by atoms with van der Waals surface area (Å²) in [6.07, 6.45) is 4.38. The van der Waals surface area contributed by atoms with Crippen molar-refractivity contribution in [1.82, 2.24) is 4.90 Å². The van der Waals surface area contributed by atoms with Gasteiger partial charge in [0, 0.05) is 12.5 Å². The quantitative estimate of drug-likeness (QED) is 0.768. The highest BCUT2D eigenvalue weighted by Gasteiger charge is 2.57. The first-order valence-corrected chi connectivity index (χ1v) is 6.15. The Morgan fingerprint density at radius 1 is 1.31 bits per heavy atom. The molecule has 0 aromatic rings. The van der Waals surface area contributed by atoms with E-state index in [0.717, 1.165) is 19.3 Å². The van der Waals surface area contributed by atoms with Gasteiger partial charge in [-0.25, -0.2) is 0 Å². The van der Waals surface area contributed by atoms with Gasteiger partial charge in [-0.2, -0.15) is 0 Å². The Labute approximate surface area is 95.6 Å². The first kappa shape index (κ1) is 11.4. The molecule has 4 nitrogen and oxygen atoms in total. The van der Waals surface area contributed by atoms with Crippen LogP contribution in [0.2, 0.25) is 0 Å². The maximum absolute atomic E-state index is 12.1. The molecule has 0 aromatic carbocycles. The molecule has 0 heterocycles. The second kappa shape index (κ2) is 4.44. The maximum Gasteiger partial charge on any atom is 0.323 e. The molecule has 2 unspecified atom stereocenters. The van der Waals surface area contributed by atoms with Gasteiger partial charge in [0.15, 0.2) is 0 Å². The van der Waals surface area contributed by atoms with Gasteiger partial charge in [0.05, 0.1) is 0 Å². The Balaban J connectivity index is 1.92. The van der Waals surface area contributed by atoms with E-state index in [1.807, 2.05) is 6.92 Å². The summed E-state index contributed by atoms with van der Waals surface area (Å²) in [5, 5.41) is 8.77. The van der Waals surface area contributed by atoms with Crippen molar-refractivity contribution in [2.24, 2.45) is 17.8 Å². The molecule has 0 bridgehead atoms. The van der Waals surface area contributed by atoms with Gasteiger partial charge in [-0.15, -0.1) is 0 Å². The molecule has 2 saturated carbocycles. The van der Waals surface area contributed by atoms with Crippen LogP contribution in [0.3, 0.4) is 0 Å². The smallest absolute Gasteiger partial charge is 0.323 e. The lowest BCUT2D eigenvalue weighted by molar-refractivity contribution is -0.145. The average Bonchev–Trinajstić information content (AvgIpc) is 2.69. The van der Waals surface area contributed by atoms with E-state index >= 15 is 0 Å². The van der Waals surface area contributed by atoms with Gasteiger partial charge < -0.3 is 10.0 Å². The molecule has 2 atom stereocenters. The molecule has 0 radical (unpaired) electrons. The molecule has 0 aromatic heterocycles. The third-order valence-electron chi connectivity index (χ3n) is 3.82. The summed E-state index contributed by atoms with van der Waals surface area (Å²) in [6, 6.07) is 0. The molecule has 2 rings (SSSR count). The fourth-order valence-electron chi connectivity index (χ4n) is 3.10. The van der Waals surface area contributed by atoms with Crippen molar-refractivity contribution in [2.75, 3.05) is 13.1 Å². The number of carboxylic acid groups (broad SMARTS) is 1. The van der Waals surface area contributed by atoms with Gasteiger partial charge in [-0.3, -0.25) is 9.59 Å². The van der Waals surface area contributed by atoms with E-state index in [1.165, 1.54) is 11.3 Å². The predicted octanol–water partition coefficient (Wildman–Crippen LogP) is 1.36. The van der Waals surface area contributed by atoms with E-state index in [-0.39, 0.29) is 18.4 Å². The van der Waals surface area contributed by atoms with Crippen LogP contribution in [0.4, 0.5) is 0 Å². The Morgan fingerprint density at radius 2 is 1.94 bits per heavy atom. The van der Waals surface area contributed by atoms with Crippen molar-refractivity contribution in [3.63, 3.8) is 0 Å². The zero-order valence-corrected chi connectivity index (χ0v) is 9.69. The molecular formula is C12H19NO3. The number of fused-ring (bicyclic) bond motifs is 1. The summed E-state index contributed by atoms with van der Waals surface area (Å²) >= 11 is 0. The minimum atomic E-state index is -0.910. The second-order valence-corrected chi connectivity index (χ2v) is 4.94. The highest BCUT2D eigenvalue weighted by atomic mass is 16.4. The molecule has 1 amide bonds.